The minimum absolute atomic E-state index is 0.00121. The summed E-state index contributed by atoms with van der Waals surface area (Å²) in [6.07, 6.45) is 16.4. The fraction of sp³-hybridized carbons (Fsp3) is 0.962. The molecule has 28 heavy (non-hydrogen) atoms. The topological polar surface area (TPSA) is 26.3 Å². The third-order valence-corrected chi connectivity index (χ3v) is 10.5. The molecule has 0 spiro atoms. The molecule has 0 aromatic carbocycles. The number of rotatable bonds is 5. The molecule has 0 saturated heterocycles. The smallest absolute Gasteiger partial charge is 0.305 e. The maximum absolute atomic E-state index is 11.9. The van der Waals surface area contributed by atoms with Gasteiger partial charge in [-0.2, -0.15) is 0 Å². The van der Waals surface area contributed by atoms with Gasteiger partial charge >= 0.3 is 5.97 Å². The Labute approximate surface area is 173 Å². The molecule has 0 aromatic heterocycles. The zero-order valence-corrected chi connectivity index (χ0v) is 19.0. The molecule has 0 amide bonds. The molecule has 2 nitrogen and oxygen atoms in total. The van der Waals surface area contributed by atoms with Gasteiger partial charge in [-0.3, -0.25) is 4.79 Å². The van der Waals surface area contributed by atoms with Crippen LogP contribution in [-0.2, 0) is 9.53 Å². The van der Waals surface area contributed by atoms with Gasteiger partial charge in [0.2, 0.25) is 0 Å². The SMILES string of the molecule is CCOC(=O)CC[C@@H](C)[C@H]1CC[C@H]2[C@@H]3CC[C@H]4CCCC[C@]4(C)[C@H]3CC[C@]12C. The molecule has 160 valence electrons. The van der Waals surface area contributed by atoms with Crippen LogP contribution < -0.4 is 0 Å². The fourth-order valence-corrected chi connectivity index (χ4v) is 9.05. The summed E-state index contributed by atoms with van der Waals surface area (Å²) in [6.45, 7) is 10.2. The van der Waals surface area contributed by atoms with E-state index < -0.39 is 0 Å². The van der Waals surface area contributed by atoms with Crippen LogP contribution in [0.5, 0.6) is 0 Å². The van der Waals surface area contributed by atoms with Gasteiger partial charge in [0.15, 0.2) is 0 Å². The van der Waals surface area contributed by atoms with Gasteiger partial charge in [0, 0.05) is 6.42 Å². The maximum atomic E-state index is 11.9. The van der Waals surface area contributed by atoms with Gasteiger partial charge in [-0.15, -0.1) is 0 Å². The largest absolute Gasteiger partial charge is 0.466 e. The summed E-state index contributed by atoms with van der Waals surface area (Å²) in [6, 6.07) is 0. The Balaban J connectivity index is 1.45. The minimum Gasteiger partial charge on any atom is -0.466 e. The van der Waals surface area contributed by atoms with Crippen LogP contribution in [-0.4, -0.2) is 12.6 Å². The van der Waals surface area contributed by atoms with Crippen LogP contribution in [0.3, 0.4) is 0 Å². The first-order chi connectivity index (χ1) is 13.4. The molecule has 0 bridgehead atoms. The minimum atomic E-state index is 0.00121. The van der Waals surface area contributed by atoms with Gasteiger partial charge in [0.25, 0.3) is 0 Å². The highest BCUT2D eigenvalue weighted by molar-refractivity contribution is 5.69. The number of ether oxygens (including phenoxy) is 1. The molecule has 4 aliphatic carbocycles. The summed E-state index contributed by atoms with van der Waals surface area (Å²) in [4.78, 5) is 11.9. The van der Waals surface area contributed by atoms with Gasteiger partial charge < -0.3 is 4.74 Å². The van der Waals surface area contributed by atoms with Crippen LogP contribution in [0.2, 0.25) is 0 Å². The van der Waals surface area contributed by atoms with Crippen molar-refractivity contribution >= 4 is 5.97 Å². The molecule has 2 heteroatoms. The number of hydrogen-bond donors (Lipinski definition) is 0. The van der Waals surface area contributed by atoms with Crippen LogP contribution in [0.25, 0.3) is 0 Å². The van der Waals surface area contributed by atoms with Crippen molar-refractivity contribution in [2.24, 2.45) is 46.3 Å². The fourth-order valence-electron chi connectivity index (χ4n) is 9.05. The zero-order chi connectivity index (χ0) is 19.9. The first-order valence-corrected chi connectivity index (χ1v) is 12.6. The second-order valence-electron chi connectivity index (χ2n) is 11.5. The monoisotopic (exact) mass is 388 g/mol. The van der Waals surface area contributed by atoms with Gasteiger partial charge in [-0.25, -0.2) is 0 Å². The lowest BCUT2D eigenvalue weighted by molar-refractivity contribution is -0.143. The predicted octanol–water partition coefficient (Wildman–Crippen LogP) is 7.01. The molecule has 4 fully saturated rings. The van der Waals surface area contributed by atoms with E-state index >= 15 is 0 Å². The highest BCUT2D eigenvalue weighted by atomic mass is 16.5. The average Bonchev–Trinajstić information content (AvgIpc) is 3.03. The lowest BCUT2D eigenvalue weighted by Gasteiger charge is -2.61. The molecule has 0 radical (unpaired) electrons. The molecule has 8 atom stereocenters. The standard InChI is InChI=1S/C26H44O2/c1-5-28-24(27)14-9-18(2)21-12-13-22-20-11-10-19-8-6-7-16-25(19,3)23(20)15-17-26(21,22)4/h18-23H,5-17H2,1-4H3/t18-,19-,20+,21-,22+,23+,25+,26-/m1/s1. The van der Waals surface area contributed by atoms with Gasteiger partial charge in [0.1, 0.15) is 0 Å². The Morgan fingerprint density at radius 1 is 0.964 bits per heavy atom. The molecule has 0 N–H and O–H groups in total. The summed E-state index contributed by atoms with van der Waals surface area (Å²) >= 11 is 0. The number of carbonyl (C=O) groups excluding carboxylic acids is 1. The Morgan fingerprint density at radius 3 is 2.54 bits per heavy atom. The summed E-state index contributed by atoms with van der Waals surface area (Å²) in [5.74, 6) is 5.41. The zero-order valence-electron chi connectivity index (χ0n) is 19.0. The normalized spacial score (nSPS) is 46.2. The Hall–Kier alpha value is -0.530. The van der Waals surface area contributed by atoms with Crippen molar-refractivity contribution < 1.29 is 9.53 Å². The molecular formula is C26H44O2. The lowest BCUT2D eigenvalue weighted by atomic mass is 9.44. The molecule has 4 rings (SSSR count). The molecular weight excluding hydrogens is 344 g/mol. The molecule has 0 aliphatic heterocycles. The second-order valence-corrected chi connectivity index (χ2v) is 11.5. The second kappa shape index (κ2) is 7.95. The van der Waals surface area contributed by atoms with Crippen molar-refractivity contribution in [3.05, 3.63) is 0 Å². The third-order valence-electron chi connectivity index (χ3n) is 10.5. The van der Waals surface area contributed by atoms with Gasteiger partial charge in [-0.05, 0) is 111 Å². The van der Waals surface area contributed by atoms with E-state index in [1.165, 1.54) is 64.2 Å². The average molecular weight is 389 g/mol. The van der Waals surface area contributed by atoms with Crippen molar-refractivity contribution in [3.8, 4) is 0 Å². The quantitative estimate of drug-likeness (QED) is 0.473. The number of carbonyl (C=O) groups is 1. The summed E-state index contributed by atoms with van der Waals surface area (Å²) in [5.41, 5.74) is 1.17. The Morgan fingerprint density at radius 2 is 1.75 bits per heavy atom. The highest BCUT2D eigenvalue weighted by Crippen LogP contribution is 2.68. The maximum Gasteiger partial charge on any atom is 0.305 e. The van der Waals surface area contributed by atoms with Crippen molar-refractivity contribution in [2.45, 2.75) is 105 Å². The van der Waals surface area contributed by atoms with Crippen LogP contribution >= 0.6 is 0 Å². The number of fused-ring (bicyclic) bond motifs is 5. The van der Waals surface area contributed by atoms with Crippen molar-refractivity contribution in [1.29, 1.82) is 0 Å². The summed E-state index contributed by atoms with van der Waals surface area (Å²) in [5, 5.41) is 0. The predicted molar refractivity (Wildman–Crippen MR) is 115 cm³/mol. The van der Waals surface area contributed by atoms with Crippen LogP contribution in [0.1, 0.15) is 105 Å². The van der Waals surface area contributed by atoms with Crippen molar-refractivity contribution in [2.75, 3.05) is 6.61 Å². The number of hydrogen-bond acceptors (Lipinski definition) is 2. The van der Waals surface area contributed by atoms with Crippen LogP contribution in [0.15, 0.2) is 0 Å². The molecule has 0 unspecified atom stereocenters. The highest BCUT2D eigenvalue weighted by Gasteiger charge is 2.60. The summed E-state index contributed by atoms with van der Waals surface area (Å²) < 4.78 is 5.18. The van der Waals surface area contributed by atoms with Crippen molar-refractivity contribution in [3.63, 3.8) is 0 Å². The van der Waals surface area contributed by atoms with E-state index in [2.05, 4.69) is 20.8 Å². The Kier molecular flexibility index (Phi) is 5.89. The first-order valence-electron chi connectivity index (χ1n) is 12.6. The number of esters is 1. The molecule has 4 saturated carbocycles. The van der Waals surface area contributed by atoms with Crippen molar-refractivity contribution in [1.82, 2.24) is 0 Å². The van der Waals surface area contributed by atoms with E-state index in [0.29, 0.717) is 29.8 Å². The summed E-state index contributed by atoms with van der Waals surface area (Å²) in [7, 11) is 0. The van der Waals surface area contributed by atoms with Crippen LogP contribution in [0.4, 0.5) is 0 Å². The molecule has 4 aliphatic rings. The first kappa shape index (κ1) is 20.7. The van der Waals surface area contributed by atoms with Gasteiger partial charge in [0.05, 0.1) is 6.61 Å². The lowest BCUT2D eigenvalue weighted by Crippen LogP contribution is -2.53. The third kappa shape index (κ3) is 3.35. The van der Waals surface area contributed by atoms with E-state index in [1.807, 2.05) is 6.92 Å². The van der Waals surface area contributed by atoms with E-state index in [-0.39, 0.29) is 5.97 Å². The van der Waals surface area contributed by atoms with E-state index in [1.54, 1.807) is 0 Å². The molecule has 0 aromatic rings. The van der Waals surface area contributed by atoms with E-state index in [0.717, 1.165) is 36.0 Å². The van der Waals surface area contributed by atoms with Crippen LogP contribution in [0, 0.1) is 46.3 Å². The van der Waals surface area contributed by atoms with E-state index in [4.69, 9.17) is 4.74 Å². The Bertz CT molecular complexity index is 571. The van der Waals surface area contributed by atoms with Gasteiger partial charge in [-0.1, -0.05) is 33.6 Å². The molecule has 0 heterocycles. The van der Waals surface area contributed by atoms with E-state index in [9.17, 15) is 4.79 Å².